The van der Waals surface area contributed by atoms with Crippen LogP contribution in [0.15, 0.2) is 24.4 Å². The Kier molecular flexibility index (Phi) is 4.42. The third-order valence-corrected chi connectivity index (χ3v) is 4.33. The van der Waals surface area contributed by atoms with E-state index in [2.05, 4.69) is 10.3 Å². The fourth-order valence-electron chi connectivity index (χ4n) is 2.00. The second-order valence-corrected chi connectivity index (χ2v) is 5.66. The summed E-state index contributed by atoms with van der Waals surface area (Å²) in [6.45, 7) is 0. The van der Waals surface area contributed by atoms with Gasteiger partial charge in [0.1, 0.15) is 5.54 Å². The van der Waals surface area contributed by atoms with Crippen molar-refractivity contribution in [1.29, 1.82) is 0 Å². The molecule has 102 valence electrons. The van der Waals surface area contributed by atoms with E-state index in [4.69, 9.17) is 0 Å². The second kappa shape index (κ2) is 6.06. The minimum Gasteiger partial charge on any atom is -0.479 e. The zero-order valence-electron chi connectivity index (χ0n) is 10.5. The van der Waals surface area contributed by atoms with Gasteiger partial charge in [-0.3, -0.25) is 9.78 Å². The van der Waals surface area contributed by atoms with E-state index >= 15 is 0 Å². The van der Waals surface area contributed by atoms with E-state index in [-0.39, 0.29) is 12.3 Å². The van der Waals surface area contributed by atoms with Gasteiger partial charge in [-0.15, -0.1) is 0 Å². The first-order valence-corrected chi connectivity index (χ1v) is 7.30. The SMILES string of the molecule is O=C(CCc1ccccn1)NC1(C(=O)O)CCSC1. The number of aromatic nitrogens is 1. The lowest BCUT2D eigenvalue weighted by Crippen LogP contribution is -2.54. The summed E-state index contributed by atoms with van der Waals surface area (Å²) in [6.07, 6.45) is 2.95. The molecular formula is C13H16N2O3S. The quantitative estimate of drug-likeness (QED) is 0.844. The number of nitrogens with zero attached hydrogens (tertiary/aromatic N) is 1. The number of aryl methyl sites for hydroxylation is 1. The van der Waals surface area contributed by atoms with Crippen LogP contribution < -0.4 is 5.32 Å². The lowest BCUT2D eigenvalue weighted by molar-refractivity contribution is -0.146. The van der Waals surface area contributed by atoms with Crippen molar-refractivity contribution >= 4 is 23.6 Å². The maximum Gasteiger partial charge on any atom is 0.330 e. The van der Waals surface area contributed by atoms with Crippen LogP contribution in [0.2, 0.25) is 0 Å². The van der Waals surface area contributed by atoms with Crippen molar-refractivity contribution in [3.63, 3.8) is 0 Å². The predicted molar refractivity (Wildman–Crippen MR) is 73.0 cm³/mol. The fraction of sp³-hybridized carbons (Fsp3) is 0.462. The maximum atomic E-state index is 11.9. The number of rotatable bonds is 5. The van der Waals surface area contributed by atoms with Gasteiger partial charge in [-0.1, -0.05) is 6.07 Å². The molecule has 0 aromatic carbocycles. The zero-order chi connectivity index (χ0) is 13.7. The number of carbonyl (C=O) groups is 2. The van der Waals surface area contributed by atoms with Gasteiger partial charge in [-0.05, 0) is 30.7 Å². The molecule has 1 aromatic heterocycles. The van der Waals surface area contributed by atoms with Gasteiger partial charge >= 0.3 is 5.97 Å². The van der Waals surface area contributed by atoms with Crippen molar-refractivity contribution < 1.29 is 14.7 Å². The molecule has 19 heavy (non-hydrogen) atoms. The van der Waals surface area contributed by atoms with Gasteiger partial charge in [0.25, 0.3) is 0 Å². The molecule has 0 bridgehead atoms. The van der Waals surface area contributed by atoms with Gasteiger partial charge in [0.05, 0.1) is 0 Å². The van der Waals surface area contributed by atoms with Gasteiger partial charge in [0.2, 0.25) is 5.91 Å². The van der Waals surface area contributed by atoms with E-state index in [9.17, 15) is 14.7 Å². The first-order valence-electron chi connectivity index (χ1n) is 6.14. The van der Waals surface area contributed by atoms with Crippen LogP contribution in [0.1, 0.15) is 18.5 Å². The Hall–Kier alpha value is -1.56. The van der Waals surface area contributed by atoms with Crippen molar-refractivity contribution in [1.82, 2.24) is 10.3 Å². The number of hydrogen-bond donors (Lipinski definition) is 2. The first kappa shape index (κ1) is 13.9. The molecule has 1 unspecified atom stereocenters. The van der Waals surface area contributed by atoms with Gasteiger partial charge in [0.15, 0.2) is 0 Å². The summed E-state index contributed by atoms with van der Waals surface area (Å²) in [7, 11) is 0. The molecule has 2 rings (SSSR count). The number of aliphatic carboxylic acids is 1. The van der Waals surface area contributed by atoms with E-state index in [0.717, 1.165) is 11.4 Å². The van der Waals surface area contributed by atoms with E-state index in [0.29, 0.717) is 18.6 Å². The Balaban J connectivity index is 1.88. The number of thioether (sulfide) groups is 1. The van der Waals surface area contributed by atoms with Crippen molar-refractivity contribution in [3.8, 4) is 0 Å². The number of carboxylic acid groups (broad SMARTS) is 1. The van der Waals surface area contributed by atoms with E-state index < -0.39 is 11.5 Å². The van der Waals surface area contributed by atoms with Crippen LogP contribution in [0, 0.1) is 0 Å². The first-order chi connectivity index (χ1) is 9.12. The van der Waals surface area contributed by atoms with Crippen LogP contribution in [0.25, 0.3) is 0 Å². The topological polar surface area (TPSA) is 79.3 Å². The molecular weight excluding hydrogens is 264 g/mol. The summed E-state index contributed by atoms with van der Waals surface area (Å²) in [5.74, 6) is 0.0454. The van der Waals surface area contributed by atoms with E-state index in [1.165, 1.54) is 0 Å². The second-order valence-electron chi connectivity index (χ2n) is 4.56. The standard InChI is InChI=1S/C13H16N2O3S/c16-11(5-4-10-3-1-2-7-14-10)15-13(12(17)18)6-8-19-9-13/h1-3,7H,4-6,8-9H2,(H,15,16)(H,17,18). The van der Waals surface area contributed by atoms with Gasteiger partial charge < -0.3 is 10.4 Å². The molecule has 2 heterocycles. The van der Waals surface area contributed by atoms with Crippen LogP contribution >= 0.6 is 11.8 Å². The Morgan fingerprint density at radius 3 is 2.89 bits per heavy atom. The van der Waals surface area contributed by atoms with Crippen LogP contribution in [0.5, 0.6) is 0 Å². The molecule has 0 aliphatic carbocycles. The number of hydrogen-bond acceptors (Lipinski definition) is 4. The Morgan fingerprint density at radius 2 is 2.32 bits per heavy atom. The van der Waals surface area contributed by atoms with Crippen LogP contribution in [0.4, 0.5) is 0 Å². The molecule has 6 heteroatoms. The lowest BCUT2D eigenvalue weighted by Gasteiger charge is -2.24. The smallest absolute Gasteiger partial charge is 0.330 e. The van der Waals surface area contributed by atoms with E-state index in [1.54, 1.807) is 18.0 Å². The molecule has 2 N–H and O–H groups in total. The third-order valence-electron chi connectivity index (χ3n) is 3.14. The average Bonchev–Trinajstić information content (AvgIpc) is 2.87. The molecule has 0 saturated carbocycles. The van der Waals surface area contributed by atoms with Crippen LogP contribution in [-0.4, -0.2) is 39.0 Å². The number of carbonyl (C=O) groups excluding carboxylic acids is 1. The number of amides is 1. The summed E-state index contributed by atoms with van der Waals surface area (Å²) < 4.78 is 0. The highest BCUT2D eigenvalue weighted by atomic mass is 32.2. The molecule has 1 aromatic rings. The molecule has 1 fully saturated rings. The Morgan fingerprint density at radius 1 is 1.47 bits per heavy atom. The highest BCUT2D eigenvalue weighted by molar-refractivity contribution is 7.99. The highest BCUT2D eigenvalue weighted by Crippen LogP contribution is 2.28. The number of pyridine rings is 1. The largest absolute Gasteiger partial charge is 0.479 e. The summed E-state index contributed by atoms with van der Waals surface area (Å²) in [5.41, 5.74) is -0.242. The lowest BCUT2D eigenvalue weighted by atomic mass is 9.99. The molecule has 5 nitrogen and oxygen atoms in total. The Bertz CT molecular complexity index is 458. The van der Waals surface area contributed by atoms with E-state index in [1.807, 2.05) is 18.2 Å². The minimum absolute atomic E-state index is 0.226. The number of nitrogens with one attached hydrogen (secondary N) is 1. The average molecular weight is 280 g/mol. The van der Waals surface area contributed by atoms with Crippen molar-refractivity contribution in [3.05, 3.63) is 30.1 Å². The van der Waals surface area contributed by atoms with Crippen LogP contribution in [-0.2, 0) is 16.0 Å². The van der Waals surface area contributed by atoms with Crippen molar-refractivity contribution in [2.24, 2.45) is 0 Å². The van der Waals surface area contributed by atoms with Crippen molar-refractivity contribution in [2.45, 2.75) is 24.8 Å². The van der Waals surface area contributed by atoms with Gasteiger partial charge in [-0.2, -0.15) is 11.8 Å². The minimum atomic E-state index is -1.08. The molecule has 1 aliphatic rings. The summed E-state index contributed by atoms with van der Waals surface area (Å²) >= 11 is 1.56. The maximum absolute atomic E-state index is 11.9. The summed E-state index contributed by atoms with van der Waals surface area (Å²) in [5, 5.41) is 11.9. The van der Waals surface area contributed by atoms with Crippen molar-refractivity contribution in [2.75, 3.05) is 11.5 Å². The monoisotopic (exact) mass is 280 g/mol. The molecule has 1 aliphatic heterocycles. The third kappa shape index (κ3) is 3.47. The van der Waals surface area contributed by atoms with Gasteiger partial charge in [-0.25, -0.2) is 4.79 Å². The van der Waals surface area contributed by atoms with Crippen LogP contribution in [0.3, 0.4) is 0 Å². The summed E-state index contributed by atoms with van der Waals surface area (Å²) in [6, 6.07) is 5.54. The molecule has 1 saturated heterocycles. The molecule has 0 spiro atoms. The Labute approximate surface area is 115 Å². The molecule has 1 amide bonds. The van der Waals surface area contributed by atoms with Gasteiger partial charge in [0, 0.05) is 24.1 Å². The predicted octanol–water partition coefficient (Wildman–Crippen LogP) is 1.09. The highest BCUT2D eigenvalue weighted by Gasteiger charge is 2.43. The summed E-state index contributed by atoms with van der Waals surface area (Å²) in [4.78, 5) is 27.3. The molecule has 1 atom stereocenters. The fourth-order valence-corrected chi connectivity index (χ4v) is 3.33. The number of carboxylic acids is 1. The normalized spacial score (nSPS) is 22.1. The zero-order valence-corrected chi connectivity index (χ0v) is 11.3. The molecule has 0 radical (unpaired) electrons.